The van der Waals surface area contributed by atoms with Crippen molar-refractivity contribution < 1.29 is 4.39 Å². The minimum Gasteiger partial charge on any atom is -0.353 e. The highest BCUT2D eigenvalue weighted by Crippen LogP contribution is 2.49. The van der Waals surface area contributed by atoms with Crippen molar-refractivity contribution in [2.24, 2.45) is 11.5 Å². The van der Waals surface area contributed by atoms with Gasteiger partial charge in [0.15, 0.2) is 0 Å². The molecule has 1 aliphatic rings. The molecule has 0 aliphatic heterocycles. The van der Waals surface area contributed by atoms with Crippen LogP contribution in [0.3, 0.4) is 0 Å². The van der Waals surface area contributed by atoms with Crippen molar-refractivity contribution in [2.45, 2.75) is 24.0 Å². The summed E-state index contributed by atoms with van der Waals surface area (Å²) >= 11 is 6.32. The van der Waals surface area contributed by atoms with Gasteiger partial charge in [0.1, 0.15) is 35.4 Å². The molecule has 3 atom stereocenters. The van der Waals surface area contributed by atoms with E-state index in [1.807, 2.05) is 6.07 Å². The van der Waals surface area contributed by atoms with Crippen LogP contribution in [0.1, 0.15) is 17.8 Å². The Morgan fingerprint density at radius 2 is 2.12 bits per heavy atom. The van der Waals surface area contributed by atoms with Gasteiger partial charge in [-0.25, -0.2) is 19.3 Å². The highest BCUT2D eigenvalue weighted by Gasteiger charge is 2.61. The van der Waals surface area contributed by atoms with E-state index >= 15 is 0 Å². The smallest absolute Gasteiger partial charge is 0.267 e. The molecule has 0 unspecified atom stereocenters. The fourth-order valence-corrected chi connectivity index (χ4v) is 4.38. The summed E-state index contributed by atoms with van der Waals surface area (Å²) in [6.07, 6.45) is 4.47. The summed E-state index contributed by atoms with van der Waals surface area (Å²) < 4.78 is 15.3. The van der Waals surface area contributed by atoms with Crippen LogP contribution in [0, 0.1) is 17.1 Å². The standard InChI is InChI=1S/C22H17ClFN9O/c23-14-2-1-3-15-17(14)19(34)33(13-4-12(24)8-28-9-13)21(31-15)22(5-16(22)26)20(27)32-18-11(6-25)7-29-10-30-18/h1-4,7-10,16,20H,5,26-27H2,(H,29,30,32)/t16-,20-,22-/m0/s1. The molecule has 0 amide bonds. The third kappa shape index (κ3) is 3.36. The maximum atomic E-state index is 14.1. The van der Waals surface area contributed by atoms with E-state index < -0.39 is 29.0 Å². The number of rotatable bonds is 5. The summed E-state index contributed by atoms with van der Waals surface area (Å²) in [6.45, 7) is 0. The Morgan fingerprint density at radius 1 is 1.32 bits per heavy atom. The van der Waals surface area contributed by atoms with Gasteiger partial charge in [0.2, 0.25) is 0 Å². The second-order valence-electron chi connectivity index (χ2n) is 7.94. The van der Waals surface area contributed by atoms with Gasteiger partial charge in [-0.05, 0) is 18.6 Å². The summed E-state index contributed by atoms with van der Waals surface area (Å²) in [5.41, 5.74) is 12.1. The molecular formula is C22H17ClFN9O. The zero-order valence-electron chi connectivity index (χ0n) is 17.5. The molecule has 170 valence electrons. The number of hydrogen-bond donors (Lipinski definition) is 3. The van der Waals surface area contributed by atoms with E-state index in [9.17, 15) is 14.4 Å². The zero-order valence-corrected chi connectivity index (χ0v) is 18.2. The number of nitrogens with two attached hydrogens (primary N) is 2. The average Bonchev–Trinajstić information content (AvgIpc) is 3.51. The molecule has 5 rings (SSSR count). The van der Waals surface area contributed by atoms with Crippen LogP contribution in [0.25, 0.3) is 16.6 Å². The fourth-order valence-electron chi connectivity index (χ4n) is 4.13. The molecule has 0 radical (unpaired) electrons. The summed E-state index contributed by atoms with van der Waals surface area (Å²) in [7, 11) is 0. The number of pyridine rings is 1. The van der Waals surface area contributed by atoms with E-state index in [1.54, 1.807) is 18.2 Å². The average molecular weight is 478 g/mol. The lowest BCUT2D eigenvalue weighted by molar-refractivity contribution is 0.502. The first-order chi connectivity index (χ1) is 16.4. The van der Waals surface area contributed by atoms with Gasteiger partial charge in [-0.15, -0.1) is 0 Å². The van der Waals surface area contributed by atoms with Crippen molar-refractivity contribution in [3.63, 3.8) is 0 Å². The third-order valence-electron chi connectivity index (χ3n) is 5.95. The molecule has 10 nitrogen and oxygen atoms in total. The zero-order chi connectivity index (χ0) is 24.0. The van der Waals surface area contributed by atoms with Crippen molar-refractivity contribution >= 4 is 28.3 Å². The molecule has 0 bridgehead atoms. The molecule has 34 heavy (non-hydrogen) atoms. The number of aromatic nitrogens is 5. The lowest BCUT2D eigenvalue weighted by Crippen LogP contribution is -2.48. The summed E-state index contributed by atoms with van der Waals surface area (Å²) in [4.78, 5) is 30.2. The second-order valence-corrected chi connectivity index (χ2v) is 8.35. The quantitative estimate of drug-likeness (QED) is 0.362. The number of hydrogen-bond acceptors (Lipinski definition) is 9. The summed E-state index contributed by atoms with van der Waals surface area (Å²) in [6, 6.07) is 7.58. The van der Waals surface area contributed by atoms with E-state index in [0.29, 0.717) is 11.9 Å². The van der Waals surface area contributed by atoms with Gasteiger partial charge in [-0.3, -0.25) is 14.3 Å². The molecule has 3 heterocycles. The van der Waals surface area contributed by atoms with Crippen LogP contribution in [-0.4, -0.2) is 36.7 Å². The topological polar surface area (TPSA) is 161 Å². The van der Waals surface area contributed by atoms with Crippen molar-refractivity contribution in [2.75, 3.05) is 5.32 Å². The molecule has 1 aromatic carbocycles. The predicted molar refractivity (Wildman–Crippen MR) is 123 cm³/mol. The van der Waals surface area contributed by atoms with E-state index in [0.717, 1.165) is 6.20 Å². The van der Waals surface area contributed by atoms with Crippen LogP contribution in [-0.2, 0) is 5.41 Å². The fraction of sp³-hybridized carbons (Fsp3) is 0.182. The number of fused-ring (bicyclic) bond motifs is 1. The van der Waals surface area contributed by atoms with E-state index in [1.165, 1.54) is 29.4 Å². The molecule has 1 fully saturated rings. The number of nitrogens with one attached hydrogen (secondary N) is 1. The first kappa shape index (κ1) is 21.8. The van der Waals surface area contributed by atoms with Gasteiger partial charge in [0, 0.05) is 12.1 Å². The monoisotopic (exact) mass is 477 g/mol. The molecule has 4 aromatic rings. The van der Waals surface area contributed by atoms with Crippen LogP contribution < -0.4 is 22.3 Å². The van der Waals surface area contributed by atoms with Crippen LogP contribution in [0.2, 0.25) is 5.02 Å². The summed E-state index contributed by atoms with van der Waals surface area (Å²) in [5, 5.41) is 12.8. The highest BCUT2D eigenvalue weighted by molar-refractivity contribution is 6.35. The number of nitrogens with zero attached hydrogens (tertiary/aromatic N) is 6. The van der Waals surface area contributed by atoms with Crippen molar-refractivity contribution in [3.8, 4) is 11.8 Å². The number of nitriles is 1. The molecule has 1 saturated carbocycles. The summed E-state index contributed by atoms with van der Waals surface area (Å²) in [5.74, 6) is -0.195. The van der Waals surface area contributed by atoms with Gasteiger partial charge < -0.3 is 16.8 Å². The lowest BCUT2D eigenvalue weighted by atomic mass is 9.99. The Bertz CT molecular complexity index is 1540. The molecule has 0 spiro atoms. The highest BCUT2D eigenvalue weighted by atomic mass is 35.5. The van der Waals surface area contributed by atoms with Crippen LogP contribution in [0.5, 0.6) is 0 Å². The molecule has 12 heteroatoms. The minimum atomic E-state index is -1.04. The largest absolute Gasteiger partial charge is 0.353 e. The molecule has 3 aromatic heterocycles. The van der Waals surface area contributed by atoms with Crippen molar-refractivity contribution in [1.29, 1.82) is 5.26 Å². The van der Waals surface area contributed by atoms with Gasteiger partial charge in [-0.2, -0.15) is 5.26 Å². The third-order valence-corrected chi connectivity index (χ3v) is 6.27. The molecule has 1 aliphatic carbocycles. The van der Waals surface area contributed by atoms with Crippen LogP contribution in [0.4, 0.5) is 10.2 Å². The molecular weight excluding hydrogens is 461 g/mol. The van der Waals surface area contributed by atoms with Gasteiger partial charge >= 0.3 is 0 Å². The maximum absolute atomic E-state index is 14.1. The number of halogens is 2. The molecule has 0 saturated heterocycles. The van der Waals surface area contributed by atoms with Crippen molar-refractivity contribution in [1.82, 2.24) is 24.5 Å². The lowest BCUT2D eigenvalue weighted by Gasteiger charge is -2.28. The Labute approximate surface area is 197 Å². The van der Waals surface area contributed by atoms with Crippen molar-refractivity contribution in [3.05, 3.63) is 81.8 Å². The number of anilines is 1. The van der Waals surface area contributed by atoms with E-state index in [4.69, 9.17) is 28.1 Å². The normalized spacial score (nSPS) is 20.0. The minimum absolute atomic E-state index is 0.153. The second kappa shape index (κ2) is 8.11. The first-order valence-corrected chi connectivity index (χ1v) is 10.5. The van der Waals surface area contributed by atoms with Crippen LogP contribution >= 0.6 is 11.6 Å². The first-order valence-electron chi connectivity index (χ1n) is 10.2. The van der Waals surface area contributed by atoms with E-state index in [-0.39, 0.29) is 33.3 Å². The Hall–Kier alpha value is -3.98. The number of benzene rings is 1. The SMILES string of the molecule is N#Cc1cncnc1N[C@H](N)[C@]1(c2nc3cccc(Cl)c3c(=O)n2-c2cncc(F)c2)C[C@@H]1N. The Balaban J connectivity index is 1.74. The maximum Gasteiger partial charge on any atom is 0.267 e. The molecule has 5 N–H and O–H groups in total. The Morgan fingerprint density at radius 3 is 2.82 bits per heavy atom. The predicted octanol–water partition coefficient (Wildman–Crippen LogP) is 1.60. The van der Waals surface area contributed by atoms with Gasteiger partial charge in [-0.1, -0.05) is 17.7 Å². The van der Waals surface area contributed by atoms with Crippen LogP contribution in [0.15, 0.2) is 54.0 Å². The van der Waals surface area contributed by atoms with Gasteiger partial charge in [0.05, 0.1) is 51.8 Å². The van der Waals surface area contributed by atoms with E-state index in [2.05, 4.69) is 20.3 Å². The Kier molecular flexibility index (Phi) is 5.21. The van der Waals surface area contributed by atoms with Gasteiger partial charge in [0.25, 0.3) is 5.56 Å².